The van der Waals surface area contributed by atoms with E-state index in [1.807, 2.05) is 12.1 Å². The Morgan fingerprint density at radius 3 is 2.41 bits per heavy atom. The molecule has 1 aromatic carbocycles. The van der Waals surface area contributed by atoms with Crippen LogP contribution < -0.4 is 15.4 Å². The Hall–Kier alpha value is -1.77. The summed E-state index contributed by atoms with van der Waals surface area (Å²) in [5.74, 6) is 2.68. The first-order chi connectivity index (χ1) is 13.7. The lowest BCUT2D eigenvalue weighted by Gasteiger charge is -2.19. The third kappa shape index (κ3) is 5.65. The van der Waals surface area contributed by atoms with Crippen molar-refractivity contribution in [1.82, 2.24) is 15.8 Å². The normalized spacial score (nSPS) is 14.8. The Kier molecular flexibility index (Phi) is 8.79. The summed E-state index contributed by atoms with van der Waals surface area (Å²) in [7, 11) is 1.70. The second-order valence-corrected chi connectivity index (χ2v) is 7.30. The Morgan fingerprint density at radius 2 is 1.86 bits per heavy atom. The lowest BCUT2D eigenvalue weighted by Crippen LogP contribution is -2.41. The molecule has 0 atom stereocenters. The van der Waals surface area contributed by atoms with Gasteiger partial charge in [0.25, 0.3) is 0 Å². The monoisotopic (exact) mass is 512 g/mol. The largest absolute Gasteiger partial charge is 0.497 e. The number of hydrogen-bond acceptors (Lipinski definition) is 4. The molecule has 1 aliphatic carbocycles. The molecule has 160 valence electrons. The SMILES string of the molecule is CCNC(=NCc1c(CC)noc1CC)NCC1(c2ccc(OC)cc2)CC1.I. The molecule has 0 saturated heterocycles. The predicted octanol–water partition coefficient (Wildman–Crippen LogP) is 4.21. The van der Waals surface area contributed by atoms with Crippen molar-refractivity contribution in [2.75, 3.05) is 20.2 Å². The molecule has 3 rings (SSSR count). The van der Waals surface area contributed by atoms with E-state index in [4.69, 9.17) is 14.3 Å². The molecule has 1 aliphatic rings. The number of ether oxygens (including phenoxy) is 1. The zero-order chi connectivity index (χ0) is 20.0. The van der Waals surface area contributed by atoms with Gasteiger partial charge in [0.2, 0.25) is 0 Å². The van der Waals surface area contributed by atoms with Crippen molar-refractivity contribution in [2.24, 2.45) is 4.99 Å². The van der Waals surface area contributed by atoms with Gasteiger partial charge in [-0.15, -0.1) is 24.0 Å². The third-order valence-corrected chi connectivity index (χ3v) is 5.50. The van der Waals surface area contributed by atoms with E-state index in [0.717, 1.165) is 54.7 Å². The number of rotatable bonds is 9. The molecule has 0 unspecified atom stereocenters. The zero-order valence-electron chi connectivity index (χ0n) is 17.9. The van der Waals surface area contributed by atoms with Crippen LogP contribution in [-0.2, 0) is 24.8 Å². The molecule has 1 heterocycles. The Labute approximate surface area is 190 Å². The minimum Gasteiger partial charge on any atom is -0.497 e. The van der Waals surface area contributed by atoms with E-state index in [0.29, 0.717) is 6.54 Å². The van der Waals surface area contributed by atoms with E-state index in [1.54, 1.807) is 7.11 Å². The smallest absolute Gasteiger partial charge is 0.191 e. The van der Waals surface area contributed by atoms with Gasteiger partial charge in [-0.2, -0.15) is 0 Å². The van der Waals surface area contributed by atoms with E-state index in [9.17, 15) is 0 Å². The fourth-order valence-electron chi connectivity index (χ4n) is 3.53. The van der Waals surface area contributed by atoms with Gasteiger partial charge < -0.3 is 19.9 Å². The summed E-state index contributed by atoms with van der Waals surface area (Å²) in [5.41, 5.74) is 3.69. The van der Waals surface area contributed by atoms with Gasteiger partial charge in [-0.05, 0) is 43.9 Å². The van der Waals surface area contributed by atoms with Gasteiger partial charge in [-0.1, -0.05) is 31.1 Å². The van der Waals surface area contributed by atoms with Crippen molar-refractivity contribution in [3.8, 4) is 5.75 Å². The number of aryl methyl sites for hydroxylation is 2. The molecule has 0 aliphatic heterocycles. The number of hydrogen-bond donors (Lipinski definition) is 2. The van der Waals surface area contributed by atoms with Crippen LogP contribution in [0, 0.1) is 0 Å². The molecule has 2 aromatic rings. The third-order valence-electron chi connectivity index (χ3n) is 5.50. The number of benzene rings is 1. The minimum atomic E-state index is 0. The second kappa shape index (κ2) is 10.8. The maximum atomic E-state index is 5.46. The lowest BCUT2D eigenvalue weighted by atomic mass is 9.96. The van der Waals surface area contributed by atoms with Crippen LogP contribution in [0.25, 0.3) is 0 Å². The summed E-state index contributed by atoms with van der Waals surface area (Å²) < 4.78 is 10.7. The van der Waals surface area contributed by atoms with E-state index < -0.39 is 0 Å². The predicted molar refractivity (Wildman–Crippen MR) is 127 cm³/mol. The summed E-state index contributed by atoms with van der Waals surface area (Å²) in [4.78, 5) is 4.80. The summed E-state index contributed by atoms with van der Waals surface area (Å²) >= 11 is 0. The summed E-state index contributed by atoms with van der Waals surface area (Å²) in [6.45, 7) is 8.55. The van der Waals surface area contributed by atoms with Crippen LogP contribution >= 0.6 is 24.0 Å². The summed E-state index contributed by atoms with van der Waals surface area (Å²) in [6, 6.07) is 8.43. The van der Waals surface area contributed by atoms with Crippen molar-refractivity contribution in [1.29, 1.82) is 0 Å². The zero-order valence-corrected chi connectivity index (χ0v) is 20.2. The summed E-state index contributed by atoms with van der Waals surface area (Å²) in [5, 5.41) is 11.1. The van der Waals surface area contributed by atoms with Crippen LogP contribution in [0.2, 0.25) is 0 Å². The number of nitrogens with one attached hydrogen (secondary N) is 2. The topological polar surface area (TPSA) is 71.7 Å². The maximum absolute atomic E-state index is 5.46. The van der Waals surface area contributed by atoms with Crippen molar-refractivity contribution < 1.29 is 9.26 Å². The fourth-order valence-corrected chi connectivity index (χ4v) is 3.53. The highest BCUT2D eigenvalue weighted by molar-refractivity contribution is 14.0. The van der Waals surface area contributed by atoms with Crippen molar-refractivity contribution in [2.45, 2.75) is 58.4 Å². The van der Waals surface area contributed by atoms with Crippen molar-refractivity contribution in [3.63, 3.8) is 0 Å². The molecule has 1 fully saturated rings. The average molecular weight is 512 g/mol. The molecular formula is C22H33IN4O2. The van der Waals surface area contributed by atoms with E-state index in [2.05, 4.69) is 48.7 Å². The maximum Gasteiger partial charge on any atom is 0.191 e. The molecule has 0 amide bonds. The van der Waals surface area contributed by atoms with Gasteiger partial charge in [0.15, 0.2) is 5.96 Å². The number of guanidine groups is 1. The van der Waals surface area contributed by atoms with E-state index in [1.165, 1.54) is 18.4 Å². The Bertz CT molecular complexity index is 776. The average Bonchev–Trinajstić information content (AvgIpc) is 3.42. The van der Waals surface area contributed by atoms with E-state index >= 15 is 0 Å². The van der Waals surface area contributed by atoms with Crippen LogP contribution in [0.15, 0.2) is 33.8 Å². The number of nitrogens with zero attached hydrogens (tertiary/aromatic N) is 2. The Balaban J connectivity index is 0.00000300. The van der Waals surface area contributed by atoms with Crippen LogP contribution in [0.1, 0.15) is 56.2 Å². The highest BCUT2D eigenvalue weighted by Crippen LogP contribution is 2.47. The van der Waals surface area contributed by atoms with Crippen LogP contribution in [0.3, 0.4) is 0 Å². The molecule has 6 nitrogen and oxygen atoms in total. The minimum absolute atomic E-state index is 0. The van der Waals surface area contributed by atoms with Crippen molar-refractivity contribution in [3.05, 3.63) is 46.8 Å². The van der Waals surface area contributed by atoms with Gasteiger partial charge in [0, 0.05) is 30.5 Å². The molecule has 0 spiro atoms. The second-order valence-electron chi connectivity index (χ2n) is 7.30. The highest BCUT2D eigenvalue weighted by Gasteiger charge is 2.44. The van der Waals surface area contributed by atoms with Crippen molar-refractivity contribution >= 4 is 29.9 Å². The number of aromatic nitrogens is 1. The summed E-state index contributed by atoms with van der Waals surface area (Å²) in [6.07, 6.45) is 4.08. The van der Waals surface area contributed by atoms with Gasteiger partial charge in [-0.25, -0.2) is 4.99 Å². The number of aliphatic imine (C=N–C) groups is 1. The van der Waals surface area contributed by atoms with Crippen LogP contribution in [0.4, 0.5) is 0 Å². The molecule has 2 N–H and O–H groups in total. The molecule has 0 radical (unpaired) electrons. The van der Waals surface area contributed by atoms with Crippen LogP contribution in [0.5, 0.6) is 5.75 Å². The molecule has 1 aromatic heterocycles. The molecule has 29 heavy (non-hydrogen) atoms. The standard InChI is InChI=1S/C22H32N4O2.HI/c1-5-19-18(20(6-2)28-26-19)14-24-21(23-7-3)25-15-22(12-13-22)16-8-10-17(27-4)11-9-16;/h8-11H,5-7,12-15H2,1-4H3,(H2,23,24,25);1H. The first-order valence-corrected chi connectivity index (χ1v) is 10.3. The molecule has 1 saturated carbocycles. The fraction of sp³-hybridized carbons (Fsp3) is 0.545. The van der Waals surface area contributed by atoms with Gasteiger partial charge in [0.1, 0.15) is 11.5 Å². The number of halogens is 1. The van der Waals surface area contributed by atoms with Gasteiger partial charge in [0.05, 0.1) is 19.3 Å². The van der Waals surface area contributed by atoms with Gasteiger partial charge in [-0.3, -0.25) is 0 Å². The lowest BCUT2D eigenvalue weighted by molar-refractivity contribution is 0.380. The van der Waals surface area contributed by atoms with Gasteiger partial charge >= 0.3 is 0 Å². The quantitative estimate of drug-likeness (QED) is 0.299. The molecule has 0 bridgehead atoms. The first-order valence-electron chi connectivity index (χ1n) is 10.3. The molecule has 7 heteroatoms. The Morgan fingerprint density at radius 1 is 1.14 bits per heavy atom. The number of methoxy groups -OCH3 is 1. The highest BCUT2D eigenvalue weighted by atomic mass is 127. The first kappa shape index (κ1) is 23.5. The molecular weight excluding hydrogens is 479 g/mol. The van der Waals surface area contributed by atoms with E-state index in [-0.39, 0.29) is 29.4 Å². The van der Waals surface area contributed by atoms with Crippen LogP contribution in [-0.4, -0.2) is 31.3 Å².